The molecule has 0 aliphatic heterocycles. The maximum absolute atomic E-state index is 10.5. The molecular formula is C15H23NO3. The number of aliphatic hydroxyl groups excluding tert-OH is 1. The maximum Gasteiger partial charge on any atom is 0.303 e. The minimum absolute atomic E-state index is 0.207. The van der Waals surface area contributed by atoms with Crippen molar-refractivity contribution in [2.24, 2.45) is 0 Å². The fraction of sp³-hybridized carbons (Fsp3) is 0.533. The molecule has 2 N–H and O–H groups in total. The molecule has 1 unspecified atom stereocenters. The summed E-state index contributed by atoms with van der Waals surface area (Å²) < 4.78 is 0. The average molecular weight is 265 g/mol. The van der Waals surface area contributed by atoms with Crippen LogP contribution < -0.4 is 4.90 Å². The largest absolute Gasteiger partial charge is 0.481 e. The van der Waals surface area contributed by atoms with Crippen LogP contribution in [0.25, 0.3) is 0 Å². The summed E-state index contributed by atoms with van der Waals surface area (Å²) in [6.07, 6.45) is 2.07. The highest BCUT2D eigenvalue weighted by atomic mass is 16.4. The molecule has 4 nitrogen and oxygen atoms in total. The topological polar surface area (TPSA) is 60.8 Å². The van der Waals surface area contributed by atoms with Crippen molar-refractivity contribution in [2.75, 3.05) is 18.0 Å². The Morgan fingerprint density at radius 3 is 2.53 bits per heavy atom. The number of aliphatic hydroxyl groups is 1. The van der Waals surface area contributed by atoms with Crippen LogP contribution in [0.3, 0.4) is 0 Å². The number of hydrogen-bond acceptors (Lipinski definition) is 3. The van der Waals surface area contributed by atoms with E-state index in [1.165, 1.54) is 0 Å². The molecule has 0 aliphatic carbocycles. The molecule has 0 heterocycles. The van der Waals surface area contributed by atoms with Crippen LogP contribution in [-0.2, 0) is 4.79 Å². The predicted molar refractivity (Wildman–Crippen MR) is 76.4 cm³/mol. The van der Waals surface area contributed by atoms with E-state index in [1.54, 1.807) is 0 Å². The summed E-state index contributed by atoms with van der Waals surface area (Å²) in [7, 11) is 0. The highest BCUT2D eigenvalue weighted by Gasteiger charge is 2.11. The molecule has 106 valence electrons. The van der Waals surface area contributed by atoms with Gasteiger partial charge < -0.3 is 15.1 Å². The molecule has 0 radical (unpaired) electrons. The van der Waals surface area contributed by atoms with Gasteiger partial charge in [0.1, 0.15) is 0 Å². The lowest BCUT2D eigenvalue weighted by Gasteiger charge is -2.27. The summed E-state index contributed by atoms with van der Waals surface area (Å²) in [4.78, 5) is 12.6. The van der Waals surface area contributed by atoms with Crippen molar-refractivity contribution in [3.05, 3.63) is 30.3 Å². The van der Waals surface area contributed by atoms with Crippen molar-refractivity contribution in [3.63, 3.8) is 0 Å². The van der Waals surface area contributed by atoms with Crippen molar-refractivity contribution >= 4 is 11.7 Å². The van der Waals surface area contributed by atoms with Crippen LogP contribution in [0.15, 0.2) is 30.3 Å². The van der Waals surface area contributed by atoms with E-state index in [2.05, 4.69) is 4.90 Å². The van der Waals surface area contributed by atoms with E-state index in [0.717, 1.165) is 25.1 Å². The number of aliphatic carboxylic acids is 1. The van der Waals surface area contributed by atoms with E-state index in [9.17, 15) is 9.90 Å². The first-order chi connectivity index (χ1) is 9.13. The Hall–Kier alpha value is -1.55. The van der Waals surface area contributed by atoms with Gasteiger partial charge in [0.15, 0.2) is 0 Å². The Morgan fingerprint density at radius 1 is 1.26 bits per heavy atom. The van der Waals surface area contributed by atoms with Crippen LogP contribution in [0.5, 0.6) is 0 Å². The summed E-state index contributed by atoms with van der Waals surface area (Å²) in [5.41, 5.74) is 1.07. The van der Waals surface area contributed by atoms with Crippen molar-refractivity contribution in [2.45, 2.75) is 38.7 Å². The zero-order valence-corrected chi connectivity index (χ0v) is 11.5. The second-order valence-electron chi connectivity index (χ2n) is 4.69. The van der Waals surface area contributed by atoms with Gasteiger partial charge in [-0.2, -0.15) is 0 Å². The Balaban J connectivity index is 2.52. The zero-order valence-electron chi connectivity index (χ0n) is 11.5. The van der Waals surface area contributed by atoms with Crippen LogP contribution in [0.2, 0.25) is 0 Å². The first-order valence-electron chi connectivity index (χ1n) is 6.83. The van der Waals surface area contributed by atoms with E-state index >= 15 is 0 Å². The minimum Gasteiger partial charge on any atom is -0.481 e. The SMILES string of the molecule is CCC(O)CN(CCCCC(=O)O)c1ccccc1. The number of carboxylic acids is 1. The molecule has 0 spiro atoms. The highest BCUT2D eigenvalue weighted by molar-refractivity contribution is 5.66. The van der Waals surface area contributed by atoms with E-state index in [0.29, 0.717) is 13.0 Å². The molecule has 0 aliphatic rings. The third-order valence-electron chi connectivity index (χ3n) is 3.09. The van der Waals surface area contributed by atoms with Crippen LogP contribution in [0.4, 0.5) is 5.69 Å². The van der Waals surface area contributed by atoms with Crippen molar-refractivity contribution < 1.29 is 15.0 Å². The van der Waals surface area contributed by atoms with E-state index in [1.807, 2.05) is 37.3 Å². The Bertz CT molecular complexity index is 367. The molecular weight excluding hydrogens is 242 g/mol. The summed E-state index contributed by atoms with van der Waals surface area (Å²) in [5.74, 6) is -0.750. The molecule has 1 aromatic carbocycles. The lowest BCUT2D eigenvalue weighted by molar-refractivity contribution is -0.137. The molecule has 0 amide bonds. The van der Waals surface area contributed by atoms with Gasteiger partial charge in [-0.25, -0.2) is 0 Å². The first-order valence-corrected chi connectivity index (χ1v) is 6.83. The standard InChI is InChI=1S/C15H23NO3/c1-2-14(17)12-16(11-7-6-10-15(18)19)13-8-4-3-5-9-13/h3-5,8-9,14,17H,2,6-7,10-12H2,1H3,(H,18,19). The minimum atomic E-state index is -0.750. The van der Waals surface area contributed by atoms with Gasteiger partial charge in [0.25, 0.3) is 0 Å². The summed E-state index contributed by atoms with van der Waals surface area (Å²) >= 11 is 0. The Kier molecular flexibility index (Phi) is 6.97. The van der Waals surface area contributed by atoms with Crippen LogP contribution in [0, 0.1) is 0 Å². The van der Waals surface area contributed by atoms with Crippen molar-refractivity contribution in [3.8, 4) is 0 Å². The third kappa shape index (κ3) is 6.25. The van der Waals surface area contributed by atoms with E-state index in [4.69, 9.17) is 5.11 Å². The Morgan fingerprint density at radius 2 is 1.95 bits per heavy atom. The molecule has 0 saturated heterocycles. The lowest BCUT2D eigenvalue weighted by atomic mass is 10.2. The second-order valence-corrected chi connectivity index (χ2v) is 4.69. The van der Waals surface area contributed by atoms with Gasteiger partial charge >= 0.3 is 5.97 Å². The predicted octanol–water partition coefficient (Wildman–Crippen LogP) is 2.52. The first kappa shape index (κ1) is 15.5. The summed E-state index contributed by atoms with van der Waals surface area (Å²) in [6, 6.07) is 9.93. The smallest absolute Gasteiger partial charge is 0.303 e. The summed E-state index contributed by atoms with van der Waals surface area (Å²) in [5, 5.41) is 18.4. The van der Waals surface area contributed by atoms with Gasteiger partial charge in [-0.15, -0.1) is 0 Å². The number of carboxylic acid groups (broad SMARTS) is 1. The van der Waals surface area contributed by atoms with Gasteiger partial charge in [0.05, 0.1) is 6.10 Å². The Labute approximate surface area is 114 Å². The number of hydrogen-bond donors (Lipinski definition) is 2. The second kappa shape index (κ2) is 8.53. The number of anilines is 1. The molecule has 0 saturated carbocycles. The van der Waals surface area contributed by atoms with Crippen LogP contribution in [-0.4, -0.2) is 35.4 Å². The van der Waals surface area contributed by atoms with Crippen molar-refractivity contribution in [1.82, 2.24) is 0 Å². The number of carbonyl (C=O) groups is 1. The van der Waals surface area contributed by atoms with Crippen LogP contribution in [0.1, 0.15) is 32.6 Å². The fourth-order valence-electron chi connectivity index (χ4n) is 1.93. The number of rotatable bonds is 9. The number of benzene rings is 1. The molecule has 1 rings (SSSR count). The van der Waals surface area contributed by atoms with Crippen molar-refractivity contribution in [1.29, 1.82) is 0 Å². The van der Waals surface area contributed by atoms with Gasteiger partial charge in [0.2, 0.25) is 0 Å². The molecule has 0 aromatic heterocycles. The van der Waals surface area contributed by atoms with Gasteiger partial charge in [-0.3, -0.25) is 4.79 Å². The summed E-state index contributed by atoms with van der Waals surface area (Å²) in [6.45, 7) is 3.32. The van der Waals surface area contributed by atoms with Gasteiger partial charge in [-0.05, 0) is 31.4 Å². The number of nitrogens with zero attached hydrogens (tertiary/aromatic N) is 1. The van der Waals surface area contributed by atoms with Gasteiger partial charge in [0, 0.05) is 25.2 Å². The molecule has 19 heavy (non-hydrogen) atoms. The van der Waals surface area contributed by atoms with E-state index in [-0.39, 0.29) is 12.5 Å². The monoisotopic (exact) mass is 265 g/mol. The fourth-order valence-corrected chi connectivity index (χ4v) is 1.93. The van der Waals surface area contributed by atoms with E-state index < -0.39 is 5.97 Å². The normalized spacial score (nSPS) is 12.1. The third-order valence-corrected chi connectivity index (χ3v) is 3.09. The molecule has 1 atom stereocenters. The van der Waals surface area contributed by atoms with Gasteiger partial charge in [-0.1, -0.05) is 25.1 Å². The molecule has 1 aromatic rings. The highest BCUT2D eigenvalue weighted by Crippen LogP contribution is 2.15. The van der Waals surface area contributed by atoms with Crippen LogP contribution >= 0.6 is 0 Å². The maximum atomic E-state index is 10.5. The molecule has 0 bridgehead atoms. The molecule has 4 heteroatoms. The quantitative estimate of drug-likeness (QED) is 0.674. The zero-order chi connectivity index (χ0) is 14.1. The number of para-hydroxylation sites is 1. The molecule has 0 fully saturated rings. The average Bonchev–Trinajstić information content (AvgIpc) is 2.42. The number of unbranched alkanes of at least 4 members (excludes halogenated alkanes) is 1. The lowest BCUT2D eigenvalue weighted by Crippen LogP contribution is -2.33.